The van der Waals surface area contributed by atoms with Gasteiger partial charge in [-0.25, -0.2) is 9.97 Å². The highest BCUT2D eigenvalue weighted by Crippen LogP contribution is 2.54. The van der Waals surface area contributed by atoms with E-state index in [2.05, 4.69) is 204 Å². The fraction of sp³-hybridized carbons (Fsp3) is 0.107. The van der Waals surface area contributed by atoms with Gasteiger partial charge in [0, 0.05) is 27.5 Å². The van der Waals surface area contributed by atoms with Gasteiger partial charge in [-0.2, -0.15) is 0 Å². The van der Waals surface area contributed by atoms with Crippen LogP contribution < -0.4 is 0 Å². The van der Waals surface area contributed by atoms with Crippen molar-refractivity contribution >= 4 is 10.8 Å². The van der Waals surface area contributed by atoms with E-state index in [1.54, 1.807) is 0 Å². The topological polar surface area (TPSA) is 25.8 Å². The van der Waals surface area contributed by atoms with E-state index in [-0.39, 0.29) is 10.8 Å². The van der Waals surface area contributed by atoms with E-state index in [0.29, 0.717) is 5.82 Å². The summed E-state index contributed by atoms with van der Waals surface area (Å²) in [5, 5.41) is 2.55. The van der Waals surface area contributed by atoms with E-state index in [0.717, 1.165) is 33.6 Å². The number of fused-ring (bicyclic) bond motifs is 7. The van der Waals surface area contributed by atoms with Crippen LogP contribution in [0.4, 0.5) is 0 Å². The second kappa shape index (κ2) is 12.8. The number of hydrogen-bond donors (Lipinski definition) is 0. The lowest BCUT2D eigenvalue weighted by Crippen LogP contribution is -2.14. The molecular formula is C56H42N2. The van der Waals surface area contributed by atoms with E-state index in [1.807, 2.05) is 6.07 Å². The normalized spacial score (nSPS) is 14.1. The fourth-order valence-electron chi connectivity index (χ4n) is 9.93. The zero-order valence-electron chi connectivity index (χ0n) is 33.2. The average Bonchev–Trinajstić information content (AvgIpc) is 3.65. The van der Waals surface area contributed by atoms with Crippen molar-refractivity contribution in [2.75, 3.05) is 0 Å². The first-order valence-corrected chi connectivity index (χ1v) is 20.3. The standard InChI is InChI=1S/C56H42N2/c1-55(2)46-28-13-12-25-44(46)53-43(27-16-30-48(53)55)41-23-10-11-24-42(41)51-34-50(57-54(58-51)35-17-6-5-7-18-35)39-22-14-21-38(31-39)40-26-15-29-47-52(40)45-32-36-19-8-9-20-37(36)33-49(45)56(47,3)4/h5-34H,1-4H3. The summed E-state index contributed by atoms with van der Waals surface area (Å²) >= 11 is 0. The lowest BCUT2D eigenvalue weighted by molar-refractivity contribution is 0.660. The molecule has 1 heterocycles. The van der Waals surface area contributed by atoms with Gasteiger partial charge in [0.2, 0.25) is 0 Å². The maximum atomic E-state index is 5.33. The Bertz CT molecular complexity index is 3110. The van der Waals surface area contributed by atoms with Gasteiger partial charge in [0.25, 0.3) is 0 Å². The molecule has 2 aliphatic carbocycles. The Kier molecular flexibility index (Phi) is 7.59. The number of nitrogens with zero attached hydrogens (tertiary/aromatic N) is 2. The van der Waals surface area contributed by atoms with E-state index >= 15 is 0 Å². The summed E-state index contributed by atoms with van der Waals surface area (Å²) in [5.41, 5.74) is 20.3. The van der Waals surface area contributed by atoms with Crippen molar-refractivity contribution in [2.45, 2.75) is 38.5 Å². The Labute approximate surface area is 340 Å². The molecule has 8 aromatic carbocycles. The summed E-state index contributed by atoms with van der Waals surface area (Å²) in [6, 6.07) is 66.2. The molecule has 0 spiro atoms. The number of rotatable bonds is 5. The lowest BCUT2D eigenvalue weighted by atomic mass is 9.81. The van der Waals surface area contributed by atoms with Crippen LogP contribution in [0.2, 0.25) is 0 Å². The van der Waals surface area contributed by atoms with Crippen molar-refractivity contribution in [1.29, 1.82) is 0 Å². The first-order valence-electron chi connectivity index (χ1n) is 20.3. The molecule has 2 nitrogen and oxygen atoms in total. The summed E-state index contributed by atoms with van der Waals surface area (Å²) in [7, 11) is 0. The quantitative estimate of drug-likeness (QED) is 0.175. The lowest BCUT2D eigenvalue weighted by Gasteiger charge is -2.22. The summed E-state index contributed by atoms with van der Waals surface area (Å²) in [6.45, 7) is 9.41. The van der Waals surface area contributed by atoms with Crippen LogP contribution >= 0.6 is 0 Å². The van der Waals surface area contributed by atoms with Gasteiger partial charge in [0.1, 0.15) is 0 Å². The molecule has 0 aliphatic heterocycles. The van der Waals surface area contributed by atoms with Crippen molar-refractivity contribution in [3.8, 4) is 78.4 Å². The molecule has 9 aromatic rings. The Morgan fingerprint density at radius 3 is 1.60 bits per heavy atom. The maximum absolute atomic E-state index is 5.33. The molecule has 0 N–H and O–H groups in total. The average molecular weight is 743 g/mol. The van der Waals surface area contributed by atoms with Gasteiger partial charge >= 0.3 is 0 Å². The number of hydrogen-bond acceptors (Lipinski definition) is 2. The minimum Gasteiger partial charge on any atom is -0.228 e. The number of benzene rings is 8. The van der Waals surface area contributed by atoms with Crippen LogP contribution in [-0.2, 0) is 10.8 Å². The number of aromatic nitrogens is 2. The molecule has 276 valence electrons. The van der Waals surface area contributed by atoms with Crippen molar-refractivity contribution < 1.29 is 0 Å². The molecule has 58 heavy (non-hydrogen) atoms. The zero-order valence-corrected chi connectivity index (χ0v) is 33.2. The Balaban J connectivity index is 1.09. The van der Waals surface area contributed by atoms with Gasteiger partial charge in [-0.1, -0.05) is 185 Å². The molecule has 1 aromatic heterocycles. The third-order valence-corrected chi connectivity index (χ3v) is 12.9. The first kappa shape index (κ1) is 34.4. The largest absolute Gasteiger partial charge is 0.228 e. The Morgan fingerprint density at radius 2 is 0.828 bits per heavy atom. The van der Waals surface area contributed by atoms with E-state index in [9.17, 15) is 0 Å². The summed E-state index contributed by atoms with van der Waals surface area (Å²) in [5.74, 6) is 0.709. The molecule has 0 fully saturated rings. The fourth-order valence-corrected chi connectivity index (χ4v) is 9.93. The van der Waals surface area contributed by atoms with Crippen LogP contribution in [0.25, 0.3) is 89.2 Å². The van der Waals surface area contributed by atoms with Crippen molar-refractivity contribution in [2.24, 2.45) is 0 Å². The van der Waals surface area contributed by atoms with E-state index < -0.39 is 0 Å². The van der Waals surface area contributed by atoms with E-state index in [1.165, 1.54) is 72.0 Å². The molecule has 11 rings (SSSR count). The minimum atomic E-state index is -0.113. The highest BCUT2D eigenvalue weighted by Gasteiger charge is 2.38. The monoisotopic (exact) mass is 742 g/mol. The highest BCUT2D eigenvalue weighted by molar-refractivity contribution is 6.00. The van der Waals surface area contributed by atoms with Crippen LogP contribution in [0.5, 0.6) is 0 Å². The molecule has 0 atom stereocenters. The van der Waals surface area contributed by atoms with Crippen molar-refractivity contribution in [3.63, 3.8) is 0 Å². The maximum Gasteiger partial charge on any atom is 0.160 e. The predicted molar refractivity (Wildman–Crippen MR) is 242 cm³/mol. The van der Waals surface area contributed by atoms with Crippen LogP contribution in [0.3, 0.4) is 0 Å². The molecule has 0 saturated carbocycles. The van der Waals surface area contributed by atoms with Gasteiger partial charge in [-0.05, 0) is 102 Å². The van der Waals surface area contributed by atoms with Crippen LogP contribution in [0.15, 0.2) is 182 Å². The van der Waals surface area contributed by atoms with E-state index in [4.69, 9.17) is 9.97 Å². The molecule has 2 heteroatoms. The van der Waals surface area contributed by atoms with Crippen molar-refractivity contribution in [1.82, 2.24) is 9.97 Å². The summed E-state index contributed by atoms with van der Waals surface area (Å²) in [6.07, 6.45) is 0. The van der Waals surface area contributed by atoms with Gasteiger partial charge in [0.05, 0.1) is 11.4 Å². The second-order valence-electron chi connectivity index (χ2n) is 17.0. The van der Waals surface area contributed by atoms with Crippen LogP contribution in [0, 0.1) is 0 Å². The first-order chi connectivity index (χ1) is 28.3. The summed E-state index contributed by atoms with van der Waals surface area (Å²) < 4.78 is 0. The van der Waals surface area contributed by atoms with Gasteiger partial charge in [0.15, 0.2) is 5.82 Å². The Hall–Kier alpha value is -6.90. The van der Waals surface area contributed by atoms with Gasteiger partial charge in [-0.3, -0.25) is 0 Å². The SMILES string of the molecule is CC1(C)c2cc3ccccc3cc2-c2c(-c3cccc(-c4cc(-c5ccccc5-c5cccc6c5-c5ccccc5C6(C)C)nc(-c5ccccc5)n4)c3)cccc21. The highest BCUT2D eigenvalue weighted by atomic mass is 14.9. The van der Waals surface area contributed by atoms with Crippen LogP contribution in [-0.4, -0.2) is 9.97 Å². The molecule has 0 amide bonds. The second-order valence-corrected chi connectivity index (χ2v) is 17.0. The van der Waals surface area contributed by atoms with Gasteiger partial charge in [-0.15, -0.1) is 0 Å². The third-order valence-electron chi connectivity index (χ3n) is 12.9. The third kappa shape index (κ3) is 5.18. The van der Waals surface area contributed by atoms with Crippen LogP contribution in [0.1, 0.15) is 49.9 Å². The Morgan fingerprint density at radius 1 is 0.310 bits per heavy atom. The molecule has 0 unspecified atom stereocenters. The minimum absolute atomic E-state index is 0.0883. The molecular weight excluding hydrogens is 701 g/mol. The zero-order chi connectivity index (χ0) is 39.2. The molecule has 0 bridgehead atoms. The molecule has 0 radical (unpaired) electrons. The predicted octanol–water partition coefficient (Wildman–Crippen LogP) is 14.6. The molecule has 2 aliphatic rings. The molecule has 0 saturated heterocycles. The smallest absolute Gasteiger partial charge is 0.160 e. The summed E-state index contributed by atoms with van der Waals surface area (Å²) in [4.78, 5) is 10.6. The van der Waals surface area contributed by atoms with Crippen molar-refractivity contribution in [3.05, 3.63) is 204 Å². The van der Waals surface area contributed by atoms with Gasteiger partial charge < -0.3 is 0 Å².